The van der Waals surface area contributed by atoms with Crippen LogP contribution in [0.4, 0.5) is 13.2 Å². The Morgan fingerprint density at radius 2 is 1.77 bits per heavy atom. The second kappa shape index (κ2) is 7.78. The van der Waals surface area contributed by atoms with E-state index in [1.807, 2.05) is 48.5 Å². The number of H-pyrrole nitrogens is 1. The molecule has 1 atom stereocenters. The van der Waals surface area contributed by atoms with Crippen LogP contribution in [-0.2, 0) is 19.2 Å². The molecule has 0 radical (unpaired) electrons. The highest BCUT2D eigenvalue weighted by molar-refractivity contribution is 5.86. The average Bonchev–Trinajstić information content (AvgIpc) is 3.16. The van der Waals surface area contributed by atoms with E-state index >= 15 is 0 Å². The molecule has 1 aromatic heterocycles. The van der Waals surface area contributed by atoms with E-state index in [1.54, 1.807) is 6.07 Å². The van der Waals surface area contributed by atoms with Gasteiger partial charge in [0.25, 0.3) is 0 Å². The summed E-state index contributed by atoms with van der Waals surface area (Å²) in [6.45, 7) is 1.17. The number of fused-ring (bicyclic) bond motifs is 3. The Kier molecular flexibility index (Phi) is 4.94. The number of benzene rings is 3. The second-order valence-corrected chi connectivity index (χ2v) is 7.76. The molecule has 6 heteroatoms. The highest BCUT2D eigenvalue weighted by atomic mass is 19.4. The molecule has 1 aliphatic rings. The topological polar surface area (TPSA) is 37.0 Å². The van der Waals surface area contributed by atoms with Gasteiger partial charge in [0.15, 0.2) is 0 Å². The number of hydrogen-bond acceptors (Lipinski definition) is 2. The average molecular weight is 422 g/mol. The van der Waals surface area contributed by atoms with E-state index in [9.17, 15) is 13.2 Å². The maximum absolute atomic E-state index is 13.2. The first-order valence-corrected chi connectivity index (χ1v) is 10.2. The lowest BCUT2D eigenvalue weighted by Crippen LogP contribution is -2.30. The van der Waals surface area contributed by atoms with Crippen molar-refractivity contribution in [1.82, 2.24) is 10.3 Å². The third kappa shape index (κ3) is 3.91. The van der Waals surface area contributed by atoms with Gasteiger partial charge < -0.3 is 15.0 Å². The molecule has 2 N–H and O–H groups in total. The quantitative estimate of drug-likeness (QED) is 0.423. The van der Waals surface area contributed by atoms with Gasteiger partial charge in [0.1, 0.15) is 12.4 Å². The Labute approximate surface area is 177 Å². The number of alkyl halides is 3. The van der Waals surface area contributed by atoms with Crippen molar-refractivity contribution in [3.05, 3.63) is 101 Å². The van der Waals surface area contributed by atoms with E-state index in [-0.39, 0.29) is 6.04 Å². The minimum absolute atomic E-state index is 0.313. The maximum Gasteiger partial charge on any atom is 0.416 e. The zero-order chi connectivity index (χ0) is 21.4. The van der Waals surface area contributed by atoms with Crippen molar-refractivity contribution in [2.75, 3.05) is 6.54 Å². The van der Waals surface area contributed by atoms with Crippen LogP contribution >= 0.6 is 0 Å². The van der Waals surface area contributed by atoms with E-state index in [0.717, 1.165) is 46.0 Å². The van der Waals surface area contributed by atoms with Gasteiger partial charge in [-0.25, -0.2) is 0 Å². The molecule has 3 nitrogen and oxygen atoms in total. The van der Waals surface area contributed by atoms with Gasteiger partial charge in [-0.2, -0.15) is 13.2 Å². The summed E-state index contributed by atoms with van der Waals surface area (Å²) >= 11 is 0. The Hall–Kier alpha value is -3.25. The van der Waals surface area contributed by atoms with Crippen molar-refractivity contribution < 1.29 is 17.9 Å². The molecular weight excluding hydrogens is 401 g/mol. The summed E-state index contributed by atoms with van der Waals surface area (Å²) in [6, 6.07) is 21.1. The normalized spacial score (nSPS) is 16.3. The SMILES string of the molecule is FC(F)(F)c1cccc(C2NCCc3c2[nH]c2ccc(OCc4ccccc4)cc32)c1. The summed E-state index contributed by atoms with van der Waals surface area (Å²) in [5, 5.41) is 4.42. The smallest absolute Gasteiger partial charge is 0.416 e. The van der Waals surface area contributed by atoms with Gasteiger partial charge in [-0.15, -0.1) is 0 Å². The van der Waals surface area contributed by atoms with Crippen molar-refractivity contribution in [2.24, 2.45) is 0 Å². The first kappa shape index (κ1) is 19.7. The zero-order valence-corrected chi connectivity index (χ0v) is 16.7. The van der Waals surface area contributed by atoms with Gasteiger partial charge in [0.2, 0.25) is 0 Å². The predicted molar refractivity (Wildman–Crippen MR) is 114 cm³/mol. The number of aromatic amines is 1. The lowest BCUT2D eigenvalue weighted by Gasteiger charge is -2.25. The molecule has 4 aromatic rings. The predicted octanol–water partition coefficient (Wildman–Crippen LogP) is 6.00. The number of nitrogens with one attached hydrogen (secondary N) is 2. The van der Waals surface area contributed by atoms with Crippen molar-refractivity contribution in [2.45, 2.75) is 25.2 Å². The first-order chi connectivity index (χ1) is 15.0. The van der Waals surface area contributed by atoms with Crippen LogP contribution in [0.2, 0.25) is 0 Å². The minimum atomic E-state index is -4.36. The van der Waals surface area contributed by atoms with E-state index in [4.69, 9.17) is 4.74 Å². The molecule has 0 aliphatic carbocycles. The van der Waals surface area contributed by atoms with E-state index in [1.165, 1.54) is 12.1 Å². The number of rotatable bonds is 4. The number of halogens is 3. The van der Waals surface area contributed by atoms with Gasteiger partial charge in [-0.05, 0) is 53.4 Å². The molecule has 31 heavy (non-hydrogen) atoms. The summed E-state index contributed by atoms with van der Waals surface area (Å²) in [7, 11) is 0. The third-order valence-corrected chi connectivity index (χ3v) is 5.72. The van der Waals surface area contributed by atoms with Crippen LogP contribution in [0.3, 0.4) is 0 Å². The van der Waals surface area contributed by atoms with Gasteiger partial charge >= 0.3 is 6.18 Å². The van der Waals surface area contributed by atoms with Crippen molar-refractivity contribution in [3.63, 3.8) is 0 Å². The van der Waals surface area contributed by atoms with Crippen LogP contribution in [0.1, 0.15) is 34.0 Å². The highest BCUT2D eigenvalue weighted by Gasteiger charge is 2.32. The zero-order valence-electron chi connectivity index (χ0n) is 16.7. The van der Waals surface area contributed by atoms with Gasteiger partial charge in [0.05, 0.1) is 11.6 Å². The molecule has 0 amide bonds. The van der Waals surface area contributed by atoms with Crippen molar-refractivity contribution in [1.29, 1.82) is 0 Å². The number of ether oxygens (including phenoxy) is 1. The Bertz CT molecular complexity index is 1210. The monoisotopic (exact) mass is 422 g/mol. The van der Waals surface area contributed by atoms with E-state index < -0.39 is 11.7 Å². The minimum Gasteiger partial charge on any atom is -0.489 e. The molecule has 0 bridgehead atoms. The third-order valence-electron chi connectivity index (χ3n) is 5.72. The summed E-state index contributed by atoms with van der Waals surface area (Å²) in [4.78, 5) is 3.42. The van der Waals surface area contributed by atoms with E-state index in [2.05, 4.69) is 10.3 Å². The Morgan fingerprint density at radius 1 is 0.935 bits per heavy atom. The molecule has 0 fully saturated rings. The Balaban J connectivity index is 1.47. The first-order valence-electron chi connectivity index (χ1n) is 10.2. The summed E-state index contributed by atoms with van der Waals surface area (Å²) < 4.78 is 45.6. The number of aromatic nitrogens is 1. The largest absolute Gasteiger partial charge is 0.489 e. The summed E-state index contributed by atoms with van der Waals surface area (Å²) in [5.74, 6) is 0.771. The molecule has 1 aliphatic heterocycles. The molecule has 0 spiro atoms. The van der Waals surface area contributed by atoms with Crippen molar-refractivity contribution >= 4 is 10.9 Å². The standard InChI is InChI=1S/C25H21F3N2O/c26-25(27,28)18-8-4-7-17(13-18)23-24-20(11-12-29-23)21-14-19(9-10-22(21)30-24)31-15-16-5-2-1-3-6-16/h1-10,13-14,23,29-30H,11-12,15H2. The Morgan fingerprint density at radius 3 is 2.58 bits per heavy atom. The van der Waals surface area contributed by atoms with Crippen LogP contribution < -0.4 is 10.1 Å². The second-order valence-electron chi connectivity index (χ2n) is 7.76. The lowest BCUT2D eigenvalue weighted by molar-refractivity contribution is -0.137. The van der Waals surface area contributed by atoms with Gasteiger partial charge in [-0.1, -0.05) is 42.5 Å². The van der Waals surface area contributed by atoms with Crippen LogP contribution in [0.25, 0.3) is 10.9 Å². The fraction of sp³-hybridized carbons (Fsp3) is 0.200. The molecule has 1 unspecified atom stereocenters. The molecule has 3 aromatic carbocycles. The van der Waals surface area contributed by atoms with Crippen LogP contribution in [0.5, 0.6) is 5.75 Å². The molecule has 2 heterocycles. The highest BCUT2D eigenvalue weighted by Crippen LogP contribution is 2.37. The maximum atomic E-state index is 13.2. The van der Waals surface area contributed by atoms with E-state index in [0.29, 0.717) is 18.7 Å². The lowest BCUT2D eigenvalue weighted by atomic mass is 9.93. The summed E-state index contributed by atoms with van der Waals surface area (Å²) in [6.07, 6.45) is -3.56. The van der Waals surface area contributed by atoms with Crippen LogP contribution in [0.15, 0.2) is 72.8 Å². The van der Waals surface area contributed by atoms with Gasteiger partial charge in [-0.3, -0.25) is 0 Å². The fourth-order valence-electron chi connectivity index (χ4n) is 4.22. The van der Waals surface area contributed by atoms with Crippen LogP contribution in [-0.4, -0.2) is 11.5 Å². The molecular formula is C25H21F3N2O. The molecule has 0 saturated heterocycles. The molecule has 0 saturated carbocycles. The molecule has 5 rings (SSSR count). The summed E-state index contributed by atoms with van der Waals surface area (Å²) in [5.41, 5.74) is 4.06. The number of hydrogen-bond donors (Lipinski definition) is 2. The van der Waals surface area contributed by atoms with Crippen molar-refractivity contribution in [3.8, 4) is 5.75 Å². The van der Waals surface area contributed by atoms with Crippen LogP contribution in [0, 0.1) is 0 Å². The fourth-order valence-corrected chi connectivity index (χ4v) is 4.22. The van der Waals surface area contributed by atoms with Gasteiger partial charge in [0, 0.05) is 23.1 Å². The molecule has 158 valence electrons.